The molecule has 2 atom stereocenters. The van der Waals surface area contributed by atoms with Crippen LogP contribution in [0, 0.1) is 5.92 Å². The summed E-state index contributed by atoms with van der Waals surface area (Å²) in [5, 5.41) is 2.70. The number of nitrogens with zero attached hydrogens (tertiary/aromatic N) is 2. The number of carbonyl (C=O) groups is 2. The van der Waals surface area contributed by atoms with Crippen LogP contribution in [0.4, 0.5) is 0 Å². The minimum absolute atomic E-state index is 0.0443. The van der Waals surface area contributed by atoms with E-state index in [-0.39, 0.29) is 35.7 Å². The van der Waals surface area contributed by atoms with Crippen molar-refractivity contribution in [1.29, 1.82) is 0 Å². The van der Waals surface area contributed by atoms with Gasteiger partial charge in [0, 0.05) is 33.1 Å². The Morgan fingerprint density at radius 3 is 2.03 bits per heavy atom. The molecule has 2 rings (SSSR count). The molecule has 0 spiro atoms. The molecule has 162 valence electrons. The van der Waals surface area contributed by atoms with Crippen molar-refractivity contribution in [2.45, 2.75) is 57.9 Å². The largest absolute Gasteiger partial charge is 0.344 e. The van der Waals surface area contributed by atoms with Gasteiger partial charge < -0.3 is 10.2 Å². The molecule has 0 aliphatic carbocycles. The van der Waals surface area contributed by atoms with Crippen LogP contribution >= 0.6 is 0 Å². The van der Waals surface area contributed by atoms with Gasteiger partial charge in [-0.3, -0.25) is 9.59 Å². The number of piperazine rings is 1. The normalized spacial score (nSPS) is 17.8. The lowest BCUT2D eigenvalue weighted by molar-refractivity contribution is -0.138. The van der Waals surface area contributed by atoms with Crippen molar-refractivity contribution in [3.05, 3.63) is 29.8 Å². The van der Waals surface area contributed by atoms with Crippen molar-refractivity contribution >= 4 is 21.8 Å². The smallest absolute Gasteiger partial charge is 0.245 e. The number of amides is 2. The fraction of sp³-hybridized carbons (Fsp3) is 0.619. The number of benzene rings is 1. The van der Waals surface area contributed by atoms with Gasteiger partial charge in [-0.2, -0.15) is 4.31 Å². The fourth-order valence-electron chi connectivity index (χ4n) is 3.43. The van der Waals surface area contributed by atoms with Gasteiger partial charge in [-0.1, -0.05) is 39.8 Å². The third kappa shape index (κ3) is 5.57. The SMILES string of the molecule is CC[C@@H](C)c1ccc(S(=O)(=O)N2CCN(C(=O)[C@@H](NC(C)=O)C(C)C)CC2)cc1. The molecule has 0 saturated carbocycles. The number of hydrogen-bond donors (Lipinski definition) is 1. The van der Waals surface area contributed by atoms with E-state index in [1.807, 2.05) is 26.0 Å². The van der Waals surface area contributed by atoms with Crippen molar-refractivity contribution in [3.63, 3.8) is 0 Å². The first-order chi connectivity index (χ1) is 13.6. The Morgan fingerprint density at radius 2 is 1.59 bits per heavy atom. The lowest BCUT2D eigenvalue weighted by Crippen LogP contribution is -2.56. The Kier molecular flexibility index (Phi) is 7.82. The maximum absolute atomic E-state index is 13.0. The maximum atomic E-state index is 13.0. The van der Waals surface area contributed by atoms with Crippen LogP contribution in [0.2, 0.25) is 0 Å². The molecule has 1 aliphatic rings. The molecule has 7 nitrogen and oxygen atoms in total. The molecule has 1 heterocycles. The summed E-state index contributed by atoms with van der Waals surface area (Å²) in [6.45, 7) is 10.5. The van der Waals surface area contributed by atoms with E-state index in [2.05, 4.69) is 19.2 Å². The molecule has 8 heteroatoms. The predicted molar refractivity (Wildman–Crippen MR) is 113 cm³/mol. The third-order valence-electron chi connectivity index (χ3n) is 5.54. The number of rotatable bonds is 7. The van der Waals surface area contributed by atoms with E-state index in [4.69, 9.17) is 0 Å². The van der Waals surface area contributed by atoms with E-state index in [0.717, 1.165) is 12.0 Å². The van der Waals surface area contributed by atoms with Gasteiger partial charge in [-0.05, 0) is 36.0 Å². The highest BCUT2D eigenvalue weighted by atomic mass is 32.2. The molecule has 2 amide bonds. The Bertz CT molecular complexity index is 813. The molecular weight excluding hydrogens is 390 g/mol. The van der Waals surface area contributed by atoms with Crippen LogP contribution in [0.5, 0.6) is 0 Å². The Morgan fingerprint density at radius 1 is 1.03 bits per heavy atom. The van der Waals surface area contributed by atoms with Crippen LogP contribution in [0.1, 0.15) is 52.5 Å². The van der Waals surface area contributed by atoms with Crippen LogP contribution in [0.3, 0.4) is 0 Å². The van der Waals surface area contributed by atoms with Crippen LogP contribution in [0.15, 0.2) is 29.2 Å². The van der Waals surface area contributed by atoms with Gasteiger partial charge in [0.1, 0.15) is 6.04 Å². The first-order valence-electron chi connectivity index (χ1n) is 10.2. The van der Waals surface area contributed by atoms with Crippen molar-refractivity contribution < 1.29 is 18.0 Å². The minimum Gasteiger partial charge on any atom is -0.344 e. The molecule has 1 aromatic rings. The Hall–Kier alpha value is -1.93. The van der Waals surface area contributed by atoms with Crippen molar-refractivity contribution in [1.82, 2.24) is 14.5 Å². The lowest BCUT2D eigenvalue weighted by Gasteiger charge is -2.36. The van der Waals surface area contributed by atoms with Gasteiger partial charge in [0.05, 0.1) is 4.90 Å². The van der Waals surface area contributed by atoms with Crippen LogP contribution < -0.4 is 5.32 Å². The number of hydrogen-bond acceptors (Lipinski definition) is 4. The number of nitrogens with one attached hydrogen (secondary N) is 1. The van der Waals surface area contributed by atoms with Gasteiger partial charge in [0.25, 0.3) is 0 Å². The van der Waals surface area contributed by atoms with E-state index in [1.165, 1.54) is 11.2 Å². The zero-order chi connectivity index (χ0) is 21.8. The van der Waals surface area contributed by atoms with E-state index in [0.29, 0.717) is 19.0 Å². The topological polar surface area (TPSA) is 86.8 Å². The summed E-state index contributed by atoms with van der Waals surface area (Å²) < 4.78 is 27.4. The molecule has 1 aliphatic heterocycles. The second-order valence-electron chi connectivity index (χ2n) is 8.03. The van der Waals surface area contributed by atoms with Gasteiger partial charge in [0.15, 0.2) is 0 Å². The van der Waals surface area contributed by atoms with Crippen LogP contribution in [-0.2, 0) is 19.6 Å². The molecule has 1 fully saturated rings. The maximum Gasteiger partial charge on any atom is 0.245 e. The summed E-state index contributed by atoms with van der Waals surface area (Å²) in [5.41, 5.74) is 1.12. The fourth-order valence-corrected chi connectivity index (χ4v) is 4.85. The second-order valence-corrected chi connectivity index (χ2v) is 9.97. The van der Waals surface area contributed by atoms with E-state index in [1.54, 1.807) is 17.0 Å². The average Bonchev–Trinajstić information content (AvgIpc) is 2.70. The van der Waals surface area contributed by atoms with Crippen LogP contribution in [-0.4, -0.2) is 61.7 Å². The monoisotopic (exact) mass is 423 g/mol. The van der Waals surface area contributed by atoms with Gasteiger partial charge >= 0.3 is 0 Å². The summed E-state index contributed by atoms with van der Waals surface area (Å²) in [6, 6.07) is 6.49. The first kappa shape index (κ1) is 23.3. The number of sulfonamides is 1. The van der Waals surface area contributed by atoms with Crippen molar-refractivity contribution in [2.24, 2.45) is 5.92 Å². The molecule has 0 unspecified atom stereocenters. The highest BCUT2D eigenvalue weighted by molar-refractivity contribution is 7.89. The summed E-state index contributed by atoms with van der Waals surface area (Å²) in [4.78, 5) is 26.1. The third-order valence-corrected chi connectivity index (χ3v) is 7.45. The van der Waals surface area contributed by atoms with Crippen LogP contribution in [0.25, 0.3) is 0 Å². The van der Waals surface area contributed by atoms with Gasteiger partial charge in [-0.25, -0.2) is 8.42 Å². The standard InChI is InChI=1S/C21H33N3O4S/c1-6-16(4)18-7-9-19(10-8-18)29(27,28)24-13-11-23(12-14-24)21(26)20(15(2)3)22-17(5)25/h7-10,15-16,20H,6,11-14H2,1-5H3,(H,22,25)/t16-,20+/m1/s1. The summed E-state index contributed by atoms with van der Waals surface area (Å²) in [6.07, 6.45) is 0.998. The Balaban J connectivity index is 2.05. The highest BCUT2D eigenvalue weighted by Gasteiger charge is 2.33. The van der Waals surface area contributed by atoms with E-state index < -0.39 is 16.1 Å². The first-order valence-corrected chi connectivity index (χ1v) is 11.7. The molecular formula is C21H33N3O4S. The zero-order valence-electron chi connectivity index (χ0n) is 18.0. The Labute approximate surface area is 174 Å². The van der Waals surface area contributed by atoms with Gasteiger partial charge in [-0.15, -0.1) is 0 Å². The predicted octanol–water partition coefficient (Wildman–Crippen LogP) is 2.19. The minimum atomic E-state index is -3.59. The highest BCUT2D eigenvalue weighted by Crippen LogP contribution is 2.23. The molecule has 29 heavy (non-hydrogen) atoms. The number of carbonyl (C=O) groups excluding carboxylic acids is 2. The lowest BCUT2D eigenvalue weighted by atomic mass is 9.99. The molecule has 1 aromatic carbocycles. The van der Waals surface area contributed by atoms with Crippen molar-refractivity contribution in [3.8, 4) is 0 Å². The molecule has 0 bridgehead atoms. The molecule has 1 saturated heterocycles. The molecule has 0 aromatic heterocycles. The van der Waals surface area contributed by atoms with E-state index >= 15 is 0 Å². The molecule has 0 radical (unpaired) electrons. The second kappa shape index (κ2) is 9.71. The summed E-state index contributed by atoms with van der Waals surface area (Å²) in [7, 11) is -3.59. The summed E-state index contributed by atoms with van der Waals surface area (Å²) in [5.74, 6) is -0.0692. The quantitative estimate of drug-likeness (QED) is 0.728. The molecule has 1 N–H and O–H groups in total. The van der Waals surface area contributed by atoms with E-state index in [9.17, 15) is 18.0 Å². The zero-order valence-corrected chi connectivity index (χ0v) is 18.8. The summed E-state index contributed by atoms with van der Waals surface area (Å²) >= 11 is 0. The van der Waals surface area contributed by atoms with Crippen molar-refractivity contribution in [2.75, 3.05) is 26.2 Å². The average molecular weight is 424 g/mol. The van der Waals surface area contributed by atoms with Gasteiger partial charge in [0.2, 0.25) is 21.8 Å².